The number of carbonyl (C=O) groups excluding carboxylic acids is 1. The van der Waals surface area contributed by atoms with Crippen LogP contribution < -0.4 is 5.32 Å². The highest BCUT2D eigenvalue weighted by molar-refractivity contribution is 7.10. The second-order valence-electron chi connectivity index (χ2n) is 4.58. The molecule has 0 bridgehead atoms. The predicted octanol–water partition coefficient (Wildman–Crippen LogP) is 2.92. The van der Waals surface area contributed by atoms with E-state index in [4.69, 9.17) is 0 Å². The van der Waals surface area contributed by atoms with Gasteiger partial charge in [-0.3, -0.25) is 4.79 Å². The molecular weight excluding hydrogens is 274 g/mol. The minimum absolute atomic E-state index is 0.369. The Bertz CT molecular complexity index is 635. The highest BCUT2D eigenvalue weighted by Gasteiger charge is 2.24. The molecule has 1 heterocycles. The summed E-state index contributed by atoms with van der Waals surface area (Å²) in [5.41, 5.74) is 2.29. The van der Waals surface area contributed by atoms with Crippen LogP contribution in [0.25, 0.3) is 0 Å². The van der Waals surface area contributed by atoms with E-state index in [0.29, 0.717) is 10.4 Å². The summed E-state index contributed by atoms with van der Waals surface area (Å²) in [6.07, 6.45) is 0. The number of rotatable bonds is 4. The maximum atomic E-state index is 12.3. The van der Waals surface area contributed by atoms with E-state index in [9.17, 15) is 14.7 Å². The Kier molecular flexibility index (Phi) is 4.20. The van der Waals surface area contributed by atoms with E-state index >= 15 is 0 Å². The quantitative estimate of drug-likeness (QED) is 0.909. The Morgan fingerprint density at radius 2 is 2.00 bits per heavy atom. The third kappa shape index (κ3) is 3.05. The Morgan fingerprint density at radius 3 is 2.60 bits per heavy atom. The van der Waals surface area contributed by atoms with Crippen molar-refractivity contribution >= 4 is 23.2 Å². The van der Waals surface area contributed by atoms with Crippen molar-refractivity contribution < 1.29 is 14.7 Å². The fraction of sp³-hybridized carbons (Fsp3) is 0.200. The fourth-order valence-electron chi connectivity index (χ4n) is 1.90. The number of nitrogens with one attached hydrogen (secondary N) is 1. The van der Waals surface area contributed by atoms with Crippen LogP contribution in [0.4, 0.5) is 0 Å². The minimum Gasteiger partial charge on any atom is -0.479 e. The van der Waals surface area contributed by atoms with Gasteiger partial charge in [0.25, 0.3) is 5.91 Å². The van der Waals surface area contributed by atoms with Gasteiger partial charge in [-0.1, -0.05) is 23.8 Å². The van der Waals surface area contributed by atoms with Gasteiger partial charge >= 0.3 is 5.97 Å². The molecule has 4 nitrogen and oxygen atoms in total. The first-order chi connectivity index (χ1) is 9.49. The smallest absolute Gasteiger partial charge is 0.331 e. The van der Waals surface area contributed by atoms with E-state index in [1.165, 1.54) is 11.3 Å². The van der Waals surface area contributed by atoms with Gasteiger partial charge in [0.05, 0.1) is 0 Å². The van der Waals surface area contributed by atoms with E-state index in [0.717, 1.165) is 11.1 Å². The van der Waals surface area contributed by atoms with Crippen molar-refractivity contribution in [2.24, 2.45) is 0 Å². The number of carbonyl (C=O) groups is 2. The van der Waals surface area contributed by atoms with Gasteiger partial charge in [0.2, 0.25) is 0 Å². The molecule has 1 atom stereocenters. The summed E-state index contributed by atoms with van der Waals surface area (Å²) in [4.78, 5) is 24.2. The summed E-state index contributed by atoms with van der Waals surface area (Å²) in [6.45, 7) is 3.72. The maximum absolute atomic E-state index is 12.3. The van der Waals surface area contributed by atoms with Gasteiger partial charge in [0.15, 0.2) is 6.04 Å². The molecule has 2 N–H and O–H groups in total. The second-order valence-corrected chi connectivity index (χ2v) is 5.56. The molecule has 1 amide bonds. The van der Waals surface area contributed by atoms with Crippen molar-refractivity contribution in [3.8, 4) is 0 Å². The van der Waals surface area contributed by atoms with Gasteiger partial charge < -0.3 is 10.4 Å². The topological polar surface area (TPSA) is 66.4 Å². The molecule has 0 aliphatic rings. The molecule has 20 heavy (non-hydrogen) atoms. The molecule has 0 aliphatic carbocycles. The van der Waals surface area contributed by atoms with Crippen LogP contribution in [-0.4, -0.2) is 17.0 Å². The summed E-state index contributed by atoms with van der Waals surface area (Å²) in [5, 5.41) is 13.6. The lowest BCUT2D eigenvalue weighted by Crippen LogP contribution is -2.33. The summed E-state index contributed by atoms with van der Waals surface area (Å²) in [5.74, 6) is -1.43. The number of carboxylic acid groups (broad SMARTS) is 1. The summed E-state index contributed by atoms with van der Waals surface area (Å²) >= 11 is 1.31. The van der Waals surface area contributed by atoms with Crippen molar-refractivity contribution in [1.82, 2.24) is 5.32 Å². The predicted molar refractivity (Wildman–Crippen MR) is 78.1 cm³/mol. The molecule has 104 valence electrons. The first-order valence-electron chi connectivity index (χ1n) is 6.13. The third-order valence-electron chi connectivity index (χ3n) is 2.99. The van der Waals surface area contributed by atoms with E-state index < -0.39 is 12.0 Å². The van der Waals surface area contributed by atoms with Gasteiger partial charge in [-0.2, -0.15) is 0 Å². The number of aryl methyl sites for hydroxylation is 2. The first kappa shape index (κ1) is 14.3. The Morgan fingerprint density at radius 1 is 1.25 bits per heavy atom. The number of amides is 1. The molecule has 0 saturated heterocycles. The molecule has 0 fully saturated rings. The van der Waals surface area contributed by atoms with Crippen LogP contribution in [-0.2, 0) is 4.79 Å². The van der Waals surface area contributed by atoms with Crippen LogP contribution >= 0.6 is 11.3 Å². The Hall–Kier alpha value is -2.14. The zero-order valence-corrected chi connectivity index (χ0v) is 12.0. The molecule has 0 spiro atoms. The maximum Gasteiger partial charge on any atom is 0.331 e. The summed E-state index contributed by atoms with van der Waals surface area (Å²) in [7, 11) is 0. The number of carboxylic acids is 1. The number of aliphatic carboxylic acids is 1. The van der Waals surface area contributed by atoms with Crippen LogP contribution in [0.3, 0.4) is 0 Å². The van der Waals surface area contributed by atoms with Crippen LogP contribution in [0.5, 0.6) is 0 Å². The van der Waals surface area contributed by atoms with Crippen LogP contribution in [0, 0.1) is 13.8 Å². The molecule has 1 aromatic carbocycles. The molecule has 0 saturated carbocycles. The monoisotopic (exact) mass is 289 g/mol. The Labute approximate surface area is 121 Å². The standard InChI is InChI=1S/C15H15NO3S/c1-9-5-6-10(2)11(8-9)14(17)16-13(15(18)19)12-4-3-7-20-12/h3-8,13H,1-2H3,(H,16,17)(H,18,19). The van der Waals surface area contributed by atoms with Crippen LogP contribution in [0.1, 0.15) is 32.4 Å². The van der Waals surface area contributed by atoms with E-state index in [1.54, 1.807) is 23.6 Å². The fourth-order valence-corrected chi connectivity index (χ4v) is 2.67. The molecule has 1 unspecified atom stereocenters. The highest BCUT2D eigenvalue weighted by Crippen LogP contribution is 2.20. The highest BCUT2D eigenvalue weighted by atomic mass is 32.1. The van der Waals surface area contributed by atoms with E-state index in [2.05, 4.69) is 5.32 Å². The van der Waals surface area contributed by atoms with E-state index in [-0.39, 0.29) is 5.91 Å². The normalized spacial score (nSPS) is 11.9. The molecular formula is C15H15NO3S. The number of hydrogen-bond acceptors (Lipinski definition) is 3. The van der Waals surface area contributed by atoms with Gasteiger partial charge in [-0.25, -0.2) is 4.79 Å². The van der Waals surface area contributed by atoms with Crippen molar-refractivity contribution in [1.29, 1.82) is 0 Å². The summed E-state index contributed by atoms with van der Waals surface area (Å²) in [6, 6.07) is 7.98. The largest absolute Gasteiger partial charge is 0.479 e. The number of thiophene rings is 1. The van der Waals surface area contributed by atoms with E-state index in [1.807, 2.05) is 26.0 Å². The molecule has 0 radical (unpaired) electrons. The third-order valence-corrected chi connectivity index (χ3v) is 3.92. The molecule has 1 aromatic heterocycles. The first-order valence-corrected chi connectivity index (χ1v) is 7.01. The van der Waals surface area contributed by atoms with Crippen LogP contribution in [0.2, 0.25) is 0 Å². The molecule has 0 aliphatic heterocycles. The number of hydrogen-bond donors (Lipinski definition) is 2. The zero-order chi connectivity index (χ0) is 14.7. The van der Waals surface area contributed by atoms with Gasteiger partial charge in [-0.05, 0) is 36.9 Å². The zero-order valence-electron chi connectivity index (χ0n) is 11.2. The van der Waals surface area contributed by atoms with Gasteiger partial charge in [0, 0.05) is 10.4 Å². The lowest BCUT2D eigenvalue weighted by Gasteiger charge is -2.14. The average molecular weight is 289 g/mol. The minimum atomic E-state index is -1.06. The van der Waals surface area contributed by atoms with Crippen molar-refractivity contribution in [2.45, 2.75) is 19.9 Å². The average Bonchev–Trinajstić information content (AvgIpc) is 2.91. The van der Waals surface area contributed by atoms with Crippen molar-refractivity contribution in [3.05, 3.63) is 57.3 Å². The second kappa shape index (κ2) is 5.88. The van der Waals surface area contributed by atoms with Crippen LogP contribution in [0.15, 0.2) is 35.7 Å². The van der Waals surface area contributed by atoms with Gasteiger partial charge in [0.1, 0.15) is 0 Å². The molecule has 2 rings (SSSR count). The lowest BCUT2D eigenvalue weighted by molar-refractivity contribution is -0.139. The van der Waals surface area contributed by atoms with Gasteiger partial charge in [-0.15, -0.1) is 11.3 Å². The summed E-state index contributed by atoms with van der Waals surface area (Å²) < 4.78 is 0. The Balaban J connectivity index is 2.25. The molecule has 2 aromatic rings. The molecule has 5 heteroatoms. The van der Waals surface area contributed by atoms with Crippen molar-refractivity contribution in [2.75, 3.05) is 0 Å². The SMILES string of the molecule is Cc1ccc(C)c(C(=O)NC(C(=O)O)c2cccs2)c1. The number of benzene rings is 1. The lowest BCUT2D eigenvalue weighted by atomic mass is 10.0. The van der Waals surface area contributed by atoms with Crippen molar-refractivity contribution in [3.63, 3.8) is 0 Å².